The van der Waals surface area contributed by atoms with E-state index in [2.05, 4.69) is 5.32 Å². The van der Waals surface area contributed by atoms with E-state index in [-0.39, 0.29) is 16.8 Å². The summed E-state index contributed by atoms with van der Waals surface area (Å²) in [4.78, 5) is 26.2. The van der Waals surface area contributed by atoms with Crippen molar-refractivity contribution in [1.29, 1.82) is 0 Å². The Kier molecular flexibility index (Phi) is 5.43. The molecule has 1 aromatic rings. The van der Waals surface area contributed by atoms with Crippen LogP contribution in [0.2, 0.25) is 0 Å². The zero-order valence-electron chi connectivity index (χ0n) is 14.5. The summed E-state index contributed by atoms with van der Waals surface area (Å²) in [7, 11) is -3.70. The lowest BCUT2D eigenvalue weighted by molar-refractivity contribution is -0.125. The second-order valence-corrected chi connectivity index (χ2v) is 8.23. The predicted octanol–water partition coefficient (Wildman–Crippen LogP) is 1.69. The van der Waals surface area contributed by atoms with Gasteiger partial charge in [-0.2, -0.15) is 0 Å². The zero-order valence-corrected chi connectivity index (χ0v) is 15.3. The number of carbonyl (C=O) groups is 2. The maximum absolute atomic E-state index is 12.5. The van der Waals surface area contributed by atoms with Gasteiger partial charge in [0.2, 0.25) is 10.0 Å². The smallest absolute Gasteiger partial charge is 0.324 e. The molecule has 0 atom stereocenters. The summed E-state index contributed by atoms with van der Waals surface area (Å²) in [6, 6.07) is 5.84. The van der Waals surface area contributed by atoms with Gasteiger partial charge in [-0.25, -0.2) is 18.4 Å². The van der Waals surface area contributed by atoms with Gasteiger partial charge in [0.25, 0.3) is 5.91 Å². The van der Waals surface area contributed by atoms with E-state index in [0.29, 0.717) is 19.5 Å². The molecule has 0 spiro atoms. The molecule has 8 heteroatoms. The van der Waals surface area contributed by atoms with E-state index in [1.807, 2.05) is 0 Å². The first-order valence-electron chi connectivity index (χ1n) is 8.78. The van der Waals surface area contributed by atoms with Gasteiger partial charge in [0.1, 0.15) is 0 Å². The van der Waals surface area contributed by atoms with Crippen molar-refractivity contribution in [1.82, 2.24) is 10.2 Å². The van der Waals surface area contributed by atoms with Gasteiger partial charge >= 0.3 is 6.03 Å². The van der Waals surface area contributed by atoms with Gasteiger partial charge in [-0.1, -0.05) is 17.7 Å². The molecule has 0 bridgehead atoms. The van der Waals surface area contributed by atoms with Crippen molar-refractivity contribution in [3.05, 3.63) is 41.0 Å². The lowest BCUT2D eigenvalue weighted by Crippen LogP contribution is -2.47. The summed E-state index contributed by atoms with van der Waals surface area (Å²) in [6.07, 6.45) is 5.20. The second-order valence-electron chi connectivity index (χ2n) is 6.67. The van der Waals surface area contributed by atoms with Gasteiger partial charge in [-0.05, 0) is 56.2 Å². The number of nitrogens with zero attached hydrogens (tertiary/aromatic N) is 1. The summed E-state index contributed by atoms with van der Waals surface area (Å²) >= 11 is 0. The molecular weight excluding hydrogens is 354 g/mol. The van der Waals surface area contributed by atoms with E-state index in [9.17, 15) is 18.0 Å². The second kappa shape index (κ2) is 7.59. The summed E-state index contributed by atoms with van der Waals surface area (Å²) in [6.45, 7) is 0.801. The molecule has 0 saturated carbocycles. The third-order valence-corrected chi connectivity index (χ3v) is 5.84. The molecular formula is C18H23N3O4S. The number of rotatable bonds is 4. The Bertz CT molecular complexity index is 844. The molecule has 3 N–H and O–H groups in total. The van der Waals surface area contributed by atoms with Crippen LogP contribution in [0.4, 0.5) is 4.79 Å². The molecule has 0 aromatic heterocycles. The standard InChI is InChI=1S/C18H23N3O4S/c19-26(24,25)15-7-5-13(6-8-15)9-11-20-18(23)21-12-10-14-3-1-2-4-16(14)17(21)22/h5-8H,1-4,9-12H2,(H,20,23)(H2,19,24,25). The molecule has 2 aliphatic rings. The Morgan fingerprint density at radius 3 is 2.50 bits per heavy atom. The number of imide groups is 1. The largest absolute Gasteiger partial charge is 0.337 e. The van der Waals surface area contributed by atoms with Crippen molar-refractivity contribution in [2.45, 2.75) is 43.4 Å². The average Bonchev–Trinajstić information content (AvgIpc) is 2.62. The van der Waals surface area contributed by atoms with Crippen LogP contribution < -0.4 is 10.5 Å². The number of carbonyl (C=O) groups excluding carboxylic acids is 2. The topological polar surface area (TPSA) is 110 Å². The van der Waals surface area contributed by atoms with Gasteiger partial charge in [-0.3, -0.25) is 9.69 Å². The van der Waals surface area contributed by atoms with Crippen LogP contribution in [0, 0.1) is 0 Å². The van der Waals surface area contributed by atoms with E-state index >= 15 is 0 Å². The molecule has 0 saturated heterocycles. The highest BCUT2D eigenvalue weighted by Gasteiger charge is 2.31. The summed E-state index contributed by atoms with van der Waals surface area (Å²) in [5.74, 6) is -0.152. The summed E-state index contributed by atoms with van der Waals surface area (Å²) in [5, 5.41) is 7.84. The Balaban J connectivity index is 1.53. The fraction of sp³-hybridized carbons (Fsp3) is 0.444. The van der Waals surface area contributed by atoms with Crippen LogP contribution in [0.1, 0.15) is 37.7 Å². The van der Waals surface area contributed by atoms with Crippen molar-refractivity contribution in [3.63, 3.8) is 0 Å². The van der Waals surface area contributed by atoms with E-state index < -0.39 is 10.0 Å². The number of benzene rings is 1. The lowest BCUT2D eigenvalue weighted by Gasteiger charge is -2.31. The van der Waals surface area contributed by atoms with Crippen LogP contribution in [0.15, 0.2) is 40.3 Å². The maximum atomic E-state index is 12.5. The molecule has 3 rings (SSSR count). The third-order valence-electron chi connectivity index (χ3n) is 4.91. The van der Waals surface area contributed by atoms with Crippen LogP contribution in [0.25, 0.3) is 0 Å². The first-order valence-corrected chi connectivity index (χ1v) is 10.3. The molecule has 1 heterocycles. The van der Waals surface area contributed by atoms with Crippen molar-refractivity contribution in [2.75, 3.05) is 13.1 Å². The highest BCUT2D eigenvalue weighted by molar-refractivity contribution is 7.89. The molecule has 1 aliphatic heterocycles. The Morgan fingerprint density at radius 2 is 1.81 bits per heavy atom. The SMILES string of the molecule is NS(=O)(=O)c1ccc(CCNC(=O)N2CCC3=C(CCCC3)C2=O)cc1. The number of primary sulfonamides is 1. The lowest BCUT2D eigenvalue weighted by atomic mass is 9.87. The number of hydrogen-bond donors (Lipinski definition) is 2. The van der Waals surface area contributed by atoms with Crippen LogP contribution >= 0.6 is 0 Å². The van der Waals surface area contributed by atoms with E-state index in [1.54, 1.807) is 12.1 Å². The van der Waals surface area contributed by atoms with Crippen LogP contribution in [0.3, 0.4) is 0 Å². The maximum Gasteiger partial charge on any atom is 0.324 e. The molecule has 0 radical (unpaired) electrons. The first-order chi connectivity index (χ1) is 12.4. The van der Waals surface area contributed by atoms with E-state index in [1.165, 1.54) is 22.6 Å². The van der Waals surface area contributed by atoms with Crippen molar-refractivity contribution < 1.29 is 18.0 Å². The molecule has 140 valence electrons. The fourth-order valence-corrected chi connectivity index (χ4v) is 3.98. The minimum atomic E-state index is -3.70. The van der Waals surface area contributed by atoms with E-state index in [4.69, 9.17) is 5.14 Å². The van der Waals surface area contributed by atoms with E-state index in [0.717, 1.165) is 43.2 Å². The molecule has 7 nitrogen and oxygen atoms in total. The average molecular weight is 377 g/mol. The zero-order chi connectivity index (χ0) is 18.7. The summed E-state index contributed by atoms with van der Waals surface area (Å²) in [5.41, 5.74) is 2.93. The molecule has 0 unspecified atom stereocenters. The molecule has 26 heavy (non-hydrogen) atoms. The van der Waals surface area contributed by atoms with Crippen LogP contribution in [-0.2, 0) is 21.2 Å². The van der Waals surface area contributed by atoms with Crippen LogP contribution in [0.5, 0.6) is 0 Å². The number of nitrogens with one attached hydrogen (secondary N) is 1. The Morgan fingerprint density at radius 1 is 1.12 bits per heavy atom. The quantitative estimate of drug-likeness (QED) is 0.832. The highest BCUT2D eigenvalue weighted by Crippen LogP contribution is 2.31. The van der Waals surface area contributed by atoms with Gasteiger partial charge in [0, 0.05) is 18.7 Å². The predicted molar refractivity (Wildman–Crippen MR) is 96.7 cm³/mol. The Labute approximate surface area is 153 Å². The normalized spacial score (nSPS) is 17.9. The van der Waals surface area contributed by atoms with Gasteiger partial charge in [0.05, 0.1) is 4.90 Å². The summed E-state index contributed by atoms with van der Waals surface area (Å²) < 4.78 is 22.5. The fourth-order valence-electron chi connectivity index (χ4n) is 3.46. The third kappa shape index (κ3) is 4.13. The van der Waals surface area contributed by atoms with Crippen molar-refractivity contribution in [3.8, 4) is 0 Å². The molecule has 3 amide bonds. The molecule has 1 aromatic carbocycles. The van der Waals surface area contributed by atoms with Gasteiger partial charge < -0.3 is 5.32 Å². The first kappa shape index (κ1) is 18.6. The minimum Gasteiger partial charge on any atom is -0.337 e. The Hall–Kier alpha value is -2.19. The number of amides is 3. The monoisotopic (exact) mass is 377 g/mol. The van der Waals surface area contributed by atoms with Crippen LogP contribution in [-0.4, -0.2) is 38.3 Å². The van der Waals surface area contributed by atoms with Gasteiger partial charge in [-0.15, -0.1) is 0 Å². The minimum absolute atomic E-state index is 0.0563. The number of hydrogen-bond acceptors (Lipinski definition) is 4. The highest BCUT2D eigenvalue weighted by atomic mass is 32.2. The molecule has 1 aliphatic carbocycles. The van der Waals surface area contributed by atoms with Gasteiger partial charge in [0.15, 0.2) is 0 Å². The number of urea groups is 1. The molecule has 0 fully saturated rings. The number of sulfonamides is 1. The number of nitrogens with two attached hydrogens (primary N) is 1. The van der Waals surface area contributed by atoms with Crippen molar-refractivity contribution in [2.24, 2.45) is 5.14 Å². The van der Waals surface area contributed by atoms with Crippen molar-refractivity contribution >= 4 is 22.0 Å².